The SMILES string of the molecule is CCCCCOP(=O)(O)O.O=P(O)(O)OCC(O)CO. The summed E-state index contributed by atoms with van der Waals surface area (Å²) in [5.41, 5.74) is 0. The molecule has 0 radical (unpaired) electrons. The van der Waals surface area contributed by atoms with Crippen LogP contribution in [0.2, 0.25) is 0 Å². The van der Waals surface area contributed by atoms with Crippen LogP contribution >= 0.6 is 15.6 Å². The van der Waals surface area contributed by atoms with E-state index in [1.165, 1.54) is 0 Å². The summed E-state index contributed by atoms with van der Waals surface area (Å²) in [6.07, 6.45) is 1.43. The molecule has 10 nitrogen and oxygen atoms in total. The Balaban J connectivity index is 0. The van der Waals surface area contributed by atoms with Gasteiger partial charge in [0.25, 0.3) is 0 Å². The Morgan fingerprint density at radius 3 is 1.85 bits per heavy atom. The maximum Gasteiger partial charge on any atom is 0.469 e. The topological polar surface area (TPSA) is 174 Å². The van der Waals surface area contributed by atoms with Gasteiger partial charge >= 0.3 is 15.6 Å². The molecule has 12 heteroatoms. The second kappa shape index (κ2) is 11.8. The fourth-order valence-corrected chi connectivity index (χ4v) is 1.50. The van der Waals surface area contributed by atoms with Crippen molar-refractivity contribution in [1.82, 2.24) is 0 Å². The number of phosphoric ester groups is 2. The third kappa shape index (κ3) is 23.2. The molecule has 0 aliphatic rings. The molecule has 0 aromatic carbocycles. The summed E-state index contributed by atoms with van der Waals surface area (Å²) in [5, 5.41) is 16.7. The average molecular weight is 340 g/mol. The zero-order valence-corrected chi connectivity index (χ0v) is 12.8. The van der Waals surface area contributed by atoms with Crippen molar-refractivity contribution in [3.63, 3.8) is 0 Å². The van der Waals surface area contributed by atoms with E-state index in [1.807, 2.05) is 6.92 Å². The van der Waals surface area contributed by atoms with E-state index >= 15 is 0 Å². The lowest BCUT2D eigenvalue weighted by atomic mass is 10.3. The van der Waals surface area contributed by atoms with Crippen LogP contribution in [-0.4, -0.2) is 55.7 Å². The Hall–Kier alpha value is 0.140. The van der Waals surface area contributed by atoms with E-state index in [2.05, 4.69) is 9.05 Å². The molecule has 1 unspecified atom stereocenters. The van der Waals surface area contributed by atoms with Gasteiger partial charge in [-0.2, -0.15) is 0 Å². The van der Waals surface area contributed by atoms with Crippen LogP contribution in [0.25, 0.3) is 0 Å². The third-order valence-corrected chi connectivity index (χ3v) is 2.66. The lowest BCUT2D eigenvalue weighted by Gasteiger charge is -2.07. The summed E-state index contributed by atoms with van der Waals surface area (Å²) < 4.78 is 28.0. The van der Waals surface area contributed by atoms with Crippen LogP contribution in [0.5, 0.6) is 0 Å². The smallest absolute Gasteiger partial charge is 0.394 e. The first kappa shape index (κ1) is 22.4. The lowest BCUT2D eigenvalue weighted by Crippen LogP contribution is -2.18. The van der Waals surface area contributed by atoms with Crippen LogP contribution in [0.4, 0.5) is 0 Å². The van der Waals surface area contributed by atoms with Gasteiger partial charge in [0.1, 0.15) is 6.10 Å². The van der Waals surface area contributed by atoms with Crippen LogP contribution < -0.4 is 0 Å². The number of aliphatic hydroxyl groups is 2. The maximum atomic E-state index is 10.1. The molecular formula is C8H22O10P2. The van der Waals surface area contributed by atoms with Crippen molar-refractivity contribution in [3.05, 3.63) is 0 Å². The molecule has 0 aliphatic heterocycles. The predicted octanol–water partition coefficient (Wildman–Crippen LogP) is -0.265. The minimum Gasteiger partial charge on any atom is -0.394 e. The molecule has 1 atom stereocenters. The zero-order chi connectivity index (χ0) is 16.2. The Bertz CT molecular complexity index is 310. The normalized spacial score (nSPS) is 13.6. The van der Waals surface area contributed by atoms with Crippen LogP contribution in [0.3, 0.4) is 0 Å². The first-order valence-electron chi connectivity index (χ1n) is 5.71. The van der Waals surface area contributed by atoms with Gasteiger partial charge in [-0.25, -0.2) is 9.13 Å². The molecule has 0 spiro atoms. The van der Waals surface area contributed by atoms with Crippen molar-refractivity contribution in [3.8, 4) is 0 Å². The standard InChI is InChI=1S/C5H13O4P.C3H9O6P/c1-2-3-4-5-9-10(6,7)8;4-1-3(5)2-9-10(6,7)8/h2-5H2,1H3,(H2,6,7,8);3-5H,1-2H2,(H2,6,7,8). The number of phosphoric acid groups is 2. The van der Waals surface area contributed by atoms with Gasteiger partial charge in [0, 0.05) is 0 Å². The van der Waals surface area contributed by atoms with Gasteiger partial charge in [-0.05, 0) is 6.42 Å². The molecule has 0 rings (SSSR count). The Morgan fingerprint density at radius 2 is 1.50 bits per heavy atom. The van der Waals surface area contributed by atoms with Gasteiger partial charge in [-0.1, -0.05) is 19.8 Å². The van der Waals surface area contributed by atoms with Gasteiger partial charge in [0.15, 0.2) is 0 Å². The van der Waals surface area contributed by atoms with E-state index in [0.717, 1.165) is 12.8 Å². The molecule has 0 aromatic rings. The van der Waals surface area contributed by atoms with E-state index in [1.54, 1.807) is 0 Å². The van der Waals surface area contributed by atoms with Crippen molar-refractivity contribution in [2.75, 3.05) is 19.8 Å². The van der Waals surface area contributed by atoms with Crippen LogP contribution in [0, 0.1) is 0 Å². The Labute approximate surface area is 116 Å². The molecule has 0 aliphatic carbocycles. The molecule has 0 amide bonds. The summed E-state index contributed by atoms with van der Waals surface area (Å²) in [5.74, 6) is 0. The summed E-state index contributed by atoms with van der Waals surface area (Å²) >= 11 is 0. The molecule has 0 saturated carbocycles. The number of hydrogen-bond acceptors (Lipinski definition) is 6. The van der Waals surface area contributed by atoms with Gasteiger partial charge in [-0.3, -0.25) is 9.05 Å². The van der Waals surface area contributed by atoms with Gasteiger partial charge in [0.05, 0.1) is 19.8 Å². The molecule has 0 bridgehead atoms. The zero-order valence-electron chi connectivity index (χ0n) is 11.0. The maximum absolute atomic E-state index is 10.1. The minimum absolute atomic E-state index is 0.151. The van der Waals surface area contributed by atoms with E-state index in [0.29, 0.717) is 6.42 Å². The summed E-state index contributed by atoms with van der Waals surface area (Å²) in [6, 6.07) is 0. The first-order chi connectivity index (χ1) is 9.02. The summed E-state index contributed by atoms with van der Waals surface area (Å²) in [6.45, 7) is 1.01. The fourth-order valence-electron chi connectivity index (χ4n) is 0.771. The van der Waals surface area contributed by atoms with Crippen LogP contribution in [0.1, 0.15) is 26.2 Å². The molecule has 0 saturated heterocycles. The van der Waals surface area contributed by atoms with Crippen molar-refractivity contribution < 1.29 is 48.0 Å². The molecule has 124 valence electrons. The highest BCUT2D eigenvalue weighted by Gasteiger charge is 2.15. The van der Waals surface area contributed by atoms with Crippen molar-refractivity contribution in [1.29, 1.82) is 0 Å². The third-order valence-electron chi connectivity index (χ3n) is 1.65. The van der Waals surface area contributed by atoms with Gasteiger partial charge < -0.3 is 29.8 Å². The highest BCUT2D eigenvalue weighted by molar-refractivity contribution is 7.46. The highest BCUT2D eigenvalue weighted by Crippen LogP contribution is 2.36. The average Bonchev–Trinajstić information content (AvgIpc) is 2.30. The predicted molar refractivity (Wildman–Crippen MR) is 68.6 cm³/mol. The Kier molecular flexibility index (Phi) is 13.2. The Morgan fingerprint density at radius 1 is 1.00 bits per heavy atom. The molecular weight excluding hydrogens is 318 g/mol. The number of rotatable bonds is 9. The molecule has 20 heavy (non-hydrogen) atoms. The van der Waals surface area contributed by atoms with Crippen LogP contribution in [-0.2, 0) is 18.2 Å². The van der Waals surface area contributed by atoms with Crippen LogP contribution in [0.15, 0.2) is 0 Å². The number of unbranched alkanes of at least 4 members (excludes halogenated alkanes) is 2. The number of aliphatic hydroxyl groups excluding tert-OH is 2. The lowest BCUT2D eigenvalue weighted by molar-refractivity contribution is 0.0419. The largest absolute Gasteiger partial charge is 0.469 e. The number of hydrogen-bond donors (Lipinski definition) is 6. The molecule has 0 aromatic heterocycles. The quantitative estimate of drug-likeness (QED) is 0.242. The van der Waals surface area contributed by atoms with Gasteiger partial charge in [-0.15, -0.1) is 0 Å². The molecule has 0 heterocycles. The first-order valence-corrected chi connectivity index (χ1v) is 8.77. The monoisotopic (exact) mass is 340 g/mol. The summed E-state index contributed by atoms with van der Waals surface area (Å²) in [4.78, 5) is 32.5. The summed E-state index contributed by atoms with van der Waals surface area (Å²) in [7, 11) is -8.71. The van der Waals surface area contributed by atoms with Crippen molar-refractivity contribution >= 4 is 15.6 Å². The fraction of sp³-hybridized carbons (Fsp3) is 1.00. The molecule has 0 fully saturated rings. The molecule has 6 N–H and O–H groups in total. The second-order valence-electron chi connectivity index (χ2n) is 3.65. The van der Waals surface area contributed by atoms with E-state index in [-0.39, 0.29) is 6.61 Å². The van der Waals surface area contributed by atoms with E-state index in [4.69, 9.17) is 29.8 Å². The van der Waals surface area contributed by atoms with Crippen molar-refractivity contribution in [2.45, 2.75) is 32.3 Å². The van der Waals surface area contributed by atoms with Gasteiger partial charge in [0.2, 0.25) is 0 Å². The second-order valence-corrected chi connectivity index (χ2v) is 6.13. The van der Waals surface area contributed by atoms with E-state index in [9.17, 15) is 9.13 Å². The van der Waals surface area contributed by atoms with Crippen molar-refractivity contribution in [2.24, 2.45) is 0 Å². The van der Waals surface area contributed by atoms with E-state index < -0.39 is 35.0 Å². The minimum atomic E-state index is -4.50. The highest BCUT2D eigenvalue weighted by atomic mass is 31.2.